The minimum Gasteiger partial charge on any atom is -0.384 e. The van der Waals surface area contributed by atoms with Crippen molar-refractivity contribution in [2.24, 2.45) is 7.05 Å². The molecule has 0 aliphatic heterocycles. The third-order valence-corrected chi connectivity index (χ3v) is 3.78. The molecule has 0 fully saturated rings. The van der Waals surface area contributed by atoms with Crippen LogP contribution in [0.15, 0.2) is 23.1 Å². The second-order valence-corrected chi connectivity index (χ2v) is 5.07. The van der Waals surface area contributed by atoms with E-state index in [1.165, 1.54) is 21.6 Å². The van der Waals surface area contributed by atoms with E-state index >= 15 is 0 Å². The van der Waals surface area contributed by atoms with Crippen LogP contribution in [0.5, 0.6) is 0 Å². The molecule has 0 saturated heterocycles. The molecule has 3 nitrogen and oxygen atoms in total. The topological polar surface area (TPSA) is 43.8 Å². The molecule has 2 N–H and O–H groups in total. The number of benzene rings is 1. The fourth-order valence-electron chi connectivity index (χ4n) is 1.82. The molecule has 0 aliphatic rings. The van der Waals surface area contributed by atoms with E-state index in [4.69, 9.17) is 5.73 Å². The molecule has 0 unspecified atom stereocenters. The molecule has 90 valence electrons. The highest BCUT2D eigenvalue weighted by molar-refractivity contribution is 7.98. The Balaban J connectivity index is 2.61. The standard InChI is InChI=1S/C13H17N3S/c1-8-5-10(17-4)6-11(9(8)2)12-7-13(14)16(3)15-12/h5-7H,14H2,1-4H3. The van der Waals surface area contributed by atoms with Crippen molar-refractivity contribution in [2.45, 2.75) is 18.7 Å². The van der Waals surface area contributed by atoms with E-state index < -0.39 is 0 Å². The third-order valence-electron chi connectivity index (χ3n) is 3.07. The second kappa shape index (κ2) is 4.45. The minimum atomic E-state index is 0.687. The fourth-order valence-corrected chi connectivity index (χ4v) is 2.35. The van der Waals surface area contributed by atoms with Crippen LogP contribution >= 0.6 is 11.8 Å². The summed E-state index contributed by atoms with van der Waals surface area (Å²) in [7, 11) is 1.86. The van der Waals surface area contributed by atoms with E-state index in [0.717, 1.165) is 5.69 Å². The zero-order chi connectivity index (χ0) is 12.6. The van der Waals surface area contributed by atoms with Crippen LogP contribution in [0.1, 0.15) is 11.1 Å². The average Bonchev–Trinajstić information content (AvgIpc) is 2.62. The van der Waals surface area contributed by atoms with Gasteiger partial charge in [-0.05, 0) is 43.4 Å². The number of nitrogen functional groups attached to an aromatic ring is 1. The van der Waals surface area contributed by atoms with Crippen LogP contribution < -0.4 is 5.73 Å². The normalized spacial score (nSPS) is 10.8. The van der Waals surface area contributed by atoms with Crippen molar-refractivity contribution >= 4 is 17.6 Å². The summed E-state index contributed by atoms with van der Waals surface area (Å²) in [6, 6.07) is 6.30. The van der Waals surface area contributed by atoms with Crippen molar-refractivity contribution in [3.05, 3.63) is 29.3 Å². The first kappa shape index (κ1) is 12.0. The maximum Gasteiger partial charge on any atom is 0.121 e. The van der Waals surface area contributed by atoms with E-state index in [9.17, 15) is 0 Å². The molecular formula is C13H17N3S. The molecule has 1 heterocycles. The molecule has 2 rings (SSSR count). The maximum atomic E-state index is 5.83. The van der Waals surface area contributed by atoms with E-state index in [1.807, 2.05) is 13.1 Å². The fraction of sp³-hybridized carbons (Fsp3) is 0.308. The average molecular weight is 247 g/mol. The van der Waals surface area contributed by atoms with Crippen LogP contribution in [-0.2, 0) is 7.05 Å². The number of rotatable bonds is 2. The lowest BCUT2D eigenvalue weighted by Crippen LogP contribution is -1.97. The lowest BCUT2D eigenvalue weighted by Gasteiger charge is -2.09. The summed E-state index contributed by atoms with van der Waals surface area (Å²) in [5.74, 6) is 0.687. The number of nitrogens with two attached hydrogens (primary N) is 1. The van der Waals surface area contributed by atoms with Gasteiger partial charge in [-0.1, -0.05) is 0 Å². The van der Waals surface area contributed by atoms with Gasteiger partial charge < -0.3 is 5.73 Å². The van der Waals surface area contributed by atoms with Crippen LogP contribution in [0.2, 0.25) is 0 Å². The van der Waals surface area contributed by atoms with Gasteiger partial charge in [0.05, 0.1) is 5.69 Å². The first-order valence-electron chi connectivity index (χ1n) is 5.48. The lowest BCUT2D eigenvalue weighted by atomic mass is 10.0. The van der Waals surface area contributed by atoms with E-state index in [2.05, 4.69) is 37.3 Å². The first-order chi connectivity index (χ1) is 8.02. The van der Waals surface area contributed by atoms with Gasteiger partial charge in [0, 0.05) is 23.6 Å². The summed E-state index contributed by atoms with van der Waals surface area (Å²) in [5, 5.41) is 4.44. The lowest BCUT2D eigenvalue weighted by molar-refractivity contribution is 0.782. The zero-order valence-corrected chi connectivity index (χ0v) is 11.4. The molecule has 0 amide bonds. The van der Waals surface area contributed by atoms with Gasteiger partial charge in [-0.2, -0.15) is 5.10 Å². The van der Waals surface area contributed by atoms with Gasteiger partial charge in [-0.25, -0.2) is 0 Å². The summed E-state index contributed by atoms with van der Waals surface area (Å²) in [5.41, 5.74) is 10.5. The summed E-state index contributed by atoms with van der Waals surface area (Å²) < 4.78 is 1.70. The Hall–Kier alpha value is -1.42. The first-order valence-corrected chi connectivity index (χ1v) is 6.70. The van der Waals surface area contributed by atoms with Crippen LogP contribution in [0, 0.1) is 13.8 Å². The largest absolute Gasteiger partial charge is 0.384 e. The molecule has 0 saturated carbocycles. The smallest absolute Gasteiger partial charge is 0.121 e. The Morgan fingerprint density at radius 2 is 1.94 bits per heavy atom. The summed E-state index contributed by atoms with van der Waals surface area (Å²) in [6.07, 6.45) is 2.08. The van der Waals surface area contributed by atoms with E-state index in [0.29, 0.717) is 5.82 Å². The number of aromatic nitrogens is 2. The van der Waals surface area contributed by atoms with Crippen LogP contribution in [0.25, 0.3) is 11.3 Å². The molecule has 17 heavy (non-hydrogen) atoms. The highest BCUT2D eigenvalue weighted by atomic mass is 32.2. The van der Waals surface area contributed by atoms with Crippen molar-refractivity contribution in [1.29, 1.82) is 0 Å². The third kappa shape index (κ3) is 2.17. The Morgan fingerprint density at radius 3 is 2.47 bits per heavy atom. The van der Waals surface area contributed by atoms with E-state index in [1.54, 1.807) is 16.4 Å². The SMILES string of the molecule is CSc1cc(C)c(C)c(-c2cc(N)n(C)n2)c1. The number of hydrogen-bond acceptors (Lipinski definition) is 3. The van der Waals surface area contributed by atoms with Crippen molar-refractivity contribution in [2.75, 3.05) is 12.0 Å². The summed E-state index contributed by atoms with van der Waals surface area (Å²) in [4.78, 5) is 1.26. The van der Waals surface area contributed by atoms with Gasteiger partial charge in [-0.15, -0.1) is 11.8 Å². The van der Waals surface area contributed by atoms with Gasteiger partial charge in [0.15, 0.2) is 0 Å². The number of anilines is 1. The Morgan fingerprint density at radius 1 is 1.24 bits per heavy atom. The highest BCUT2D eigenvalue weighted by Gasteiger charge is 2.10. The molecular weight excluding hydrogens is 230 g/mol. The van der Waals surface area contributed by atoms with Gasteiger partial charge >= 0.3 is 0 Å². The predicted molar refractivity (Wildman–Crippen MR) is 74.3 cm³/mol. The zero-order valence-electron chi connectivity index (χ0n) is 10.6. The molecule has 1 aromatic carbocycles. The van der Waals surface area contributed by atoms with Crippen LogP contribution in [-0.4, -0.2) is 16.0 Å². The Labute approximate surface area is 106 Å². The van der Waals surface area contributed by atoms with Crippen LogP contribution in [0.3, 0.4) is 0 Å². The molecule has 0 spiro atoms. The molecule has 0 atom stereocenters. The van der Waals surface area contributed by atoms with Gasteiger partial charge in [-0.3, -0.25) is 4.68 Å². The number of nitrogens with zero attached hydrogens (tertiary/aromatic N) is 2. The molecule has 1 aromatic heterocycles. The molecule has 0 bridgehead atoms. The van der Waals surface area contributed by atoms with Gasteiger partial charge in [0.25, 0.3) is 0 Å². The highest BCUT2D eigenvalue weighted by Crippen LogP contribution is 2.30. The van der Waals surface area contributed by atoms with Gasteiger partial charge in [0.1, 0.15) is 5.82 Å². The predicted octanol–water partition coefficient (Wildman–Crippen LogP) is 3.01. The molecule has 0 radical (unpaired) electrons. The quantitative estimate of drug-likeness (QED) is 0.830. The molecule has 4 heteroatoms. The van der Waals surface area contributed by atoms with Crippen molar-refractivity contribution < 1.29 is 0 Å². The Bertz CT molecular complexity index is 539. The summed E-state index contributed by atoms with van der Waals surface area (Å²) >= 11 is 1.75. The van der Waals surface area contributed by atoms with E-state index in [-0.39, 0.29) is 0 Å². The molecule has 2 aromatic rings. The molecule has 0 aliphatic carbocycles. The minimum absolute atomic E-state index is 0.687. The Kier molecular flexibility index (Phi) is 3.15. The van der Waals surface area contributed by atoms with Crippen molar-refractivity contribution in [1.82, 2.24) is 9.78 Å². The van der Waals surface area contributed by atoms with Crippen molar-refractivity contribution in [3.8, 4) is 11.3 Å². The van der Waals surface area contributed by atoms with Crippen LogP contribution in [0.4, 0.5) is 5.82 Å². The number of thioether (sulfide) groups is 1. The maximum absolute atomic E-state index is 5.83. The second-order valence-electron chi connectivity index (χ2n) is 4.19. The van der Waals surface area contributed by atoms with Gasteiger partial charge in [0.2, 0.25) is 0 Å². The number of aryl methyl sites for hydroxylation is 2. The monoisotopic (exact) mass is 247 g/mol. The summed E-state index contributed by atoms with van der Waals surface area (Å²) in [6.45, 7) is 4.25. The van der Waals surface area contributed by atoms with Crippen molar-refractivity contribution in [3.63, 3.8) is 0 Å². The number of hydrogen-bond donors (Lipinski definition) is 1.